The number of hydrogen-bond donors (Lipinski definition) is 0. The summed E-state index contributed by atoms with van der Waals surface area (Å²) in [7, 11) is 0. The summed E-state index contributed by atoms with van der Waals surface area (Å²) in [5.41, 5.74) is 0. The molecule has 0 aromatic heterocycles. The first-order chi connectivity index (χ1) is 38.5. The summed E-state index contributed by atoms with van der Waals surface area (Å²) in [5.74, 6) is -0.929. The zero-order valence-corrected chi connectivity index (χ0v) is 50.9. The van der Waals surface area contributed by atoms with Gasteiger partial charge in [-0.2, -0.15) is 0 Å². The second kappa shape index (κ2) is 65.3. The van der Waals surface area contributed by atoms with Crippen LogP contribution in [0.25, 0.3) is 0 Å². The predicted molar refractivity (Wildman–Crippen MR) is 339 cm³/mol. The maximum atomic E-state index is 12.9. The van der Waals surface area contributed by atoms with Gasteiger partial charge in [-0.15, -0.1) is 0 Å². The van der Waals surface area contributed by atoms with E-state index in [9.17, 15) is 14.4 Å². The first-order valence-corrected chi connectivity index (χ1v) is 32.5. The second-order valence-corrected chi connectivity index (χ2v) is 21.3. The molecule has 6 nitrogen and oxygen atoms in total. The number of rotatable bonds is 58. The van der Waals surface area contributed by atoms with E-state index < -0.39 is 6.10 Å². The summed E-state index contributed by atoms with van der Waals surface area (Å²) in [6, 6.07) is 0. The van der Waals surface area contributed by atoms with Gasteiger partial charge in [0.1, 0.15) is 13.2 Å². The first-order valence-electron chi connectivity index (χ1n) is 32.5. The summed E-state index contributed by atoms with van der Waals surface area (Å²) in [4.78, 5) is 38.2. The Morgan fingerprint density at radius 3 is 0.846 bits per heavy atom. The highest BCUT2D eigenvalue weighted by atomic mass is 16.6. The molecule has 1 atom stereocenters. The largest absolute Gasteiger partial charge is 0.462 e. The molecule has 1 unspecified atom stereocenters. The van der Waals surface area contributed by atoms with E-state index in [1.54, 1.807) is 0 Å². The third-order valence-electron chi connectivity index (χ3n) is 13.7. The van der Waals surface area contributed by atoms with Gasteiger partial charge in [-0.3, -0.25) is 14.4 Å². The molecule has 0 aromatic rings. The first kappa shape index (κ1) is 73.8. The van der Waals surface area contributed by atoms with Crippen LogP contribution in [0.4, 0.5) is 0 Å². The highest BCUT2D eigenvalue weighted by Crippen LogP contribution is 2.15. The molecule has 0 aliphatic rings. The average molecular weight is 1080 g/mol. The minimum Gasteiger partial charge on any atom is -0.462 e. The van der Waals surface area contributed by atoms with Crippen molar-refractivity contribution in [2.45, 2.75) is 303 Å². The van der Waals surface area contributed by atoms with Gasteiger partial charge in [0, 0.05) is 19.3 Å². The molecule has 0 aliphatic heterocycles. The SMILES string of the molecule is CC/C=C\C/C=C\C/C=C\C/C=C\C/C=C\C/C=C\CCCCCCC(=O)OC(COC(=O)CCCCCCC/C=C\CCC)COC(=O)CCCCCCCCCCCCCC/C=C\C/C=C\C/C=C\CCCCCCC. The number of unbranched alkanes of at least 4 members (excludes halogenated alkanes) is 27. The van der Waals surface area contributed by atoms with Gasteiger partial charge in [0.2, 0.25) is 0 Å². The van der Waals surface area contributed by atoms with Gasteiger partial charge in [-0.25, -0.2) is 0 Å². The second-order valence-electron chi connectivity index (χ2n) is 21.3. The number of ether oxygens (including phenoxy) is 3. The van der Waals surface area contributed by atoms with Crippen LogP contribution in [-0.4, -0.2) is 37.2 Å². The zero-order chi connectivity index (χ0) is 56.4. The predicted octanol–water partition coefficient (Wildman–Crippen LogP) is 22.4. The molecule has 0 aromatic carbocycles. The van der Waals surface area contributed by atoms with Crippen molar-refractivity contribution >= 4 is 17.9 Å². The summed E-state index contributed by atoms with van der Waals surface area (Å²) in [5, 5.41) is 0. The van der Waals surface area contributed by atoms with E-state index in [1.807, 2.05) is 0 Å². The molecule has 444 valence electrons. The molecule has 0 rings (SSSR count). The smallest absolute Gasteiger partial charge is 0.306 e. The molecule has 0 radical (unpaired) electrons. The Bertz CT molecular complexity index is 1620. The van der Waals surface area contributed by atoms with E-state index in [2.05, 4.69) is 142 Å². The van der Waals surface area contributed by atoms with E-state index in [4.69, 9.17) is 14.2 Å². The normalized spacial score (nSPS) is 12.9. The van der Waals surface area contributed by atoms with Crippen molar-refractivity contribution in [3.05, 3.63) is 122 Å². The lowest BCUT2D eigenvalue weighted by atomic mass is 10.0. The fraction of sp³-hybridized carbons (Fsp3) is 0.681. The standard InChI is InChI=1S/C72H120O6/c1-4-7-10-13-16-19-22-24-26-28-30-32-34-35-36-37-39-40-42-44-46-48-50-53-56-59-62-65-71(74)77-68-69(67-76-70(73)64-61-58-55-52-21-18-15-12-9-6-3)78-72(75)66-63-60-57-54-51-49-47-45-43-41-38-33-31-29-27-25-23-20-17-14-11-8-5-2/h8,11-12,15,17,20,22,24-25,27-28,30-31,33-35,41,43,47,49,69H,4-7,9-10,13-14,16,18-19,21,23,26,29,32,36-40,42,44-46,48,50-68H2,1-3H3/b11-8-,15-12-,20-17-,24-22-,27-25-,30-28-,33-31-,35-34-,43-41-,49-47-. The molecule has 0 aliphatic carbocycles. The van der Waals surface area contributed by atoms with Gasteiger partial charge < -0.3 is 14.2 Å². The van der Waals surface area contributed by atoms with Crippen molar-refractivity contribution in [2.75, 3.05) is 13.2 Å². The molecule has 0 spiro atoms. The van der Waals surface area contributed by atoms with Gasteiger partial charge in [-0.05, 0) is 128 Å². The van der Waals surface area contributed by atoms with Gasteiger partial charge in [0.25, 0.3) is 0 Å². The van der Waals surface area contributed by atoms with Crippen molar-refractivity contribution in [1.82, 2.24) is 0 Å². The van der Waals surface area contributed by atoms with Crippen molar-refractivity contribution in [3.8, 4) is 0 Å². The Hall–Kier alpha value is -4.19. The molecule has 0 bridgehead atoms. The zero-order valence-electron chi connectivity index (χ0n) is 50.9. The van der Waals surface area contributed by atoms with Crippen LogP contribution in [0.2, 0.25) is 0 Å². The molecule has 0 fully saturated rings. The van der Waals surface area contributed by atoms with Gasteiger partial charge in [0.15, 0.2) is 6.10 Å². The van der Waals surface area contributed by atoms with Crippen LogP contribution in [0.15, 0.2) is 122 Å². The maximum Gasteiger partial charge on any atom is 0.306 e. The molecule has 0 saturated carbocycles. The monoisotopic (exact) mass is 1080 g/mol. The van der Waals surface area contributed by atoms with Crippen LogP contribution < -0.4 is 0 Å². The molecule has 0 amide bonds. The topological polar surface area (TPSA) is 78.9 Å². The number of hydrogen-bond acceptors (Lipinski definition) is 6. The minimum atomic E-state index is -0.800. The summed E-state index contributed by atoms with van der Waals surface area (Å²) >= 11 is 0. The Balaban J connectivity index is 4.30. The van der Waals surface area contributed by atoms with Gasteiger partial charge in [0.05, 0.1) is 0 Å². The van der Waals surface area contributed by atoms with Crippen LogP contribution in [0.1, 0.15) is 297 Å². The van der Waals surface area contributed by atoms with Crippen LogP contribution in [-0.2, 0) is 28.6 Å². The van der Waals surface area contributed by atoms with Crippen LogP contribution >= 0.6 is 0 Å². The number of allylic oxidation sites excluding steroid dienone is 20. The maximum absolute atomic E-state index is 12.9. The van der Waals surface area contributed by atoms with Crippen molar-refractivity contribution in [3.63, 3.8) is 0 Å². The Labute approximate surface area is 482 Å². The van der Waals surface area contributed by atoms with E-state index in [0.717, 1.165) is 141 Å². The Morgan fingerprint density at radius 1 is 0.269 bits per heavy atom. The lowest BCUT2D eigenvalue weighted by Crippen LogP contribution is -2.30. The third-order valence-corrected chi connectivity index (χ3v) is 13.7. The fourth-order valence-corrected chi connectivity index (χ4v) is 8.81. The lowest BCUT2D eigenvalue weighted by Gasteiger charge is -2.18. The Morgan fingerprint density at radius 2 is 0.526 bits per heavy atom. The lowest BCUT2D eigenvalue weighted by molar-refractivity contribution is -0.167. The molecule has 78 heavy (non-hydrogen) atoms. The van der Waals surface area contributed by atoms with E-state index in [1.165, 1.54) is 116 Å². The highest BCUT2D eigenvalue weighted by molar-refractivity contribution is 5.71. The highest BCUT2D eigenvalue weighted by Gasteiger charge is 2.19. The van der Waals surface area contributed by atoms with E-state index in [0.29, 0.717) is 19.3 Å². The van der Waals surface area contributed by atoms with Crippen molar-refractivity contribution < 1.29 is 28.6 Å². The average Bonchev–Trinajstić information content (AvgIpc) is 3.44. The summed E-state index contributed by atoms with van der Waals surface area (Å²) in [6.45, 7) is 6.43. The fourth-order valence-electron chi connectivity index (χ4n) is 8.81. The van der Waals surface area contributed by atoms with E-state index >= 15 is 0 Å². The molecule has 0 heterocycles. The molecular formula is C72H120O6. The summed E-state index contributed by atoms with van der Waals surface area (Å²) in [6.07, 6.45) is 90.7. The molecule has 6 heteroatoms. The van der Waals surface area contributed by atoms with Crippen LogP contribution in [0.3, 0.4) is 0 Å². The van der Waals surface area contributed by atoms with Crippen LogP contribution in [0.5, 0.6) is 0 Å². The third kappa shape index (κ3) is 62.7. The van der Waals surface area contributed by atoms with E-state index in [-0.39, 0.29) is 31.1 Å². The Kier molecular flexibility index (Phi) is 61.8. The quantitative estimate of drug-likeness (QED) is 0.0261. The number of carbonyl (C=O) groups excluding carboxylic acids is 3. The molecule has 0 N–H and O–H groups in total. The molecule has 0 saturated heterocycles. The van der Waals surface area contributed by atoms with Gasteiger partial charge >= 0.3 is 17.9 Å². The van der Waals surface area contributed by atoms with Crippen molar-refractivity contribution in [2.24, 2.45) is 0 Å². The van der Waals surface area contributed by atoms with Gasteiger partial charge in [-0.1, -0.05) is 271 Å². The molecular weight excluding hydrogens is 961 g/mol. The minimum absolute atomic E-state index is 0.0940. The number of esters is 3. The number of carbonyl (C=O) groups is 3. The van der Waals surface area contributed by atoms with Crippen molar-refractivity contribution in [1.29, 1.82) is 0 Å². The van der Waals surface area contributed by atoms with Crippen LogP contribution in [0, 0.1) is 0 Å². The summed E-state index contributed by atoms with van der Waals surface area (Å²) < 4.78 is 16.9.